The highest BCUT2D eigenvalue weighted by Gasteiger charge is 2.40. The fourth-order valence-corrected chi connectivity index (χ4v) is 1.98. The third-order valence-electron chi connectivity index (χ3n) is 2.89. The van der Waals surface area contributed by atoms with Crippen molar-refractivity contribution >= 4 is 40.2 Å². The van der Waals surface area contributed by atoms with Crippen LogP contribution in [0.4, 0.5) is 5.69 Å². The third-order valence-corrected chi connectivity index (χ3v) is 3.60. The largest absolute Gasteiger partial charge is 0.455 e. The zero-order valence-corrected chi connectivity index (χ0v) is 12.1. The van der Waals surface area contributed by atoms with Gasteiger partial charge in [0.1, 0.15) is 0 Å². The minimum absolute atomic E-state index is 0.00361. The first-order valence-corrected chi connectivity index (χ1v) is 6.86. The zero-order valence-electron chi connectivity index (χ0n) is 9.98. The van der Waals surface area contributed by atoms with E-state index in [-0.39, 0.29) is 24.4 Å². The van der Waals surface area contributed by atoms with Gasteiger partial charge in [-0.25, -0.2) is 0 Å². The van der Waals surface area contributed by atoms with Crippen molar-refractivity contribution in [2.24, 2.45) is 11.8 Å². The molecule has 0 spiro atoms. The second-order valence-electron chi connectivity index (χ2n) is 4.48. The van der Waals surface area contributed by atoms with Gasteiger partial charge >= 0.3 is 5.97 Å². The Morgan fingerprint density at radius 1 is 1.39 bits per heavy atom. The number of amides is 1. The van der Waals surface area contributed by atoms with Crippen molar-refractivity contribution in [3.63, 3.8) is 0 Å². The lowest BCUT2D eigenvalue weighted by molar-refractivity contribution is -0.148. The van der Waals surface area contributed by atoms with Gasteiger partial charge < -0.3 is 10.1 Å². The monoisotopic (exact) mass is 359 g/mol. The van der Waals surface area contributed by atoms with Crippen molar-refractivity contribution in [1.82, 2.24) is 0 Å². The number of esters is 1. The fourth-order valence-electron chi connectivity index (χ4n) is 1.62. The number of carbonyl (C=O) groups is 2. The van der Waals surface area contributed by atoms with Crippen LogP contribution in [0.25, 0.3) is 0 Å². The number of rotatable bonds is 4. The Bertz CT molecular complexity index is 458. The van der Waals surface area contributed by atoms with Crippen molar-refractivity contribution in [3.05, 3.63) is 27.8 Å². The van der Waals surface area contributed by atoms with Crippen molar-refractivity contribution in [1.29, 1.82) is 0 Å². The molecule has 5 heteroatoms. The Hall–Kier alpha value is -1.11. The number of halogens is 1. The van der Waals surface area contributed by atoms with E-state index in [0.717, 1.165) is 9.99 Å². The Morgan fingerprint density at radius 2 is 2.00 bits per heavy atom. The molecular formula is C13H14INO3. The number of hydrogen-bond acceptors (Lipinski definition) is 3. The van der Waals surface area contributed by atoms with Crippen LogP contribution in [-0.4, -0.2) is 18.5 Å². The quantitative estimate of drug-likeness (QED) is 0.664. The zero-order chi connectivity index (χ0) is 13.1. The van der Waals surface area contributed by atoms with Crippen molar-refractivity contribution in [2.45, 2.75) is 13.3 Å². The molecule has 96 valence electrons. The summed E-state index contributed by atoms with van der Waals surface area (Å²) in [4.78, 5) is 23.0. The summed E-state index contributed by atoms with van der Waals surface area (Å²) >= 11 is 2.19. The van der Waals surface area contributed by atoms with Crippen molar-refractivity contribution in [2.75, 3.05) is 11.9 Å². The minimum atomic E-state index is -0.308. The average Bonchev–Trinajstić information content (AvgIpc) is 3.06. The van der Waals surface area contributed by atoms with Crippen LogP contribution in [0, 0.1) is 15.4 Å². The van der Waals surface area contributed by atoms with E-state index in [1.54, 1.807) is 0 Å². The fraction of sp³-hybridized carbons (Fsp3) is 0.385. The van der Waals surface area contributed by atoms with Crippen LogP contribution in [0.1, 0.15) is 13.3 Å². The standard InChI is InChI=1S/C13H14INO3/c1-8-6-11(8)13(17)18-7-12(16)15-10-4-2-9(14)3-5-10/h2-5,8,11H,6-7H2,1H3,(H,15,16)/t8-,11-/m0/s1. The molecule has 1 saturated carbocycles. The van der Waals surface area contributed by atoms with Gasteiger partial charge in [0.25, 0.3) is 5.91 Å². The van der Waals surface area contributed by atoms with Crippen LogP contribution in [0.5, 0.6) is 0 Å². The van der Waals surface area contributed by atoms with Crippen LogP contribution in [0.3, 0.4) is 0 Å². The summed E-state index contributed by atoms with van der Waals surface area (Å²) in [6, 6.07) is 7.41. The summed E-state index contributed by atoms with van der Waals surface area (Å²) in [5, 5.41) is 2.68. The molecule has 0 saturated heterocycles. The molecule has 1 amide bonds. The molecule has 4 nitrogen and oxygen atoms in total. The predicted octanol–water partition coefficient (Wildman–Crippen LogP) is 2.43. The Morgan fingerprint density at radius 3 is 2.56 bits per heavy atom. The topological polar surface area (TPSA) is 55.4 Å². The van der Waals surface area contributed by atoms with Gasteiger partial charge in [-0.15, -0.1) is 0 Å². The highest BCUT2D eigenvalue weighted by atomic mass is 127. The number of ether oxygens (including phenoxy) is 1. The number of anilines is 1. The molecule has 1 aliphatic rings. The summed E-state index contributed by atoms with van der Waals surface area (Å²) < 4.78 is 6.04. The van der Waals surface area contributed by atoms with E-state index in [0.29, 0.717) is 11.6 Å². The first-order chi connectivity index (χ1) is 8.56. The molecule has 18 heavy (non-hydrogen) atoms. The normalized spacial score (nSPS) is 21.2. The highest BCUT2D eigenvalue weighted by molar-refractivity contribution is 14.1. The molecule has 0 radical (unpaired) electrons. The molecule has 1 aromatic carbocycles. The summed E-state index contributed by atoms with van der Waals surface area (Å²) in [6.07, 6.45) is 0.873. The third kappa shape index (κ3) is 3.69. The lowest BCUT2D eigenvalue weighted by atomic mass is 10.3. The Kier molecular flexibility index (Phi) is 4.21. The second kappa shape index (κ2) is 5.69. The molecule has 1 N–H and O–H groups in total. The van der Waals surface area contributed by atoms with E-state index < -0.39 is 0 Å². The van der Waals surface area contributed by atoms with Crippen LogP contribution < -0.4 is 5.32 Å². The molecule has 1 fully saturated rings. The van der Waals surface area contributed by atoms with Gasteiger partial charge in [0, 0.05) is 9.26 Å². The maximum atomic E-state index is 11.5. The molecule has 2 rings (SSSR count). The number of benzene rings is 1. The first kappa shape index (κ1) is 13.3. The molecular weight excluding hydrogens is 345 g/mol. The van der Waals surface area contributed by atoms with E-state index in [1.165, 1.54) is 0 Å². The lowest BCUT2D eigenvalue weighted by Gasteiger charge is -2.06. The van der Waals surface area contributed by atoms with Crippen LogP contribution in [0.15, 0.2) is 24.3 Å². The molecule has 0 aliphatic heterocycles. The van der Waals surface area contributed by atoms with Gasteiger partial charge in [-0.1, -0.05) is 6.92 Å². The van der Waals surface area contributed by atoms with E-state index in [9.17, 15) is 9.59 Å². The molecule has 0 aromatic heterocycles. The molecule has 1 aromatic rings. The molecule has 0 bridgehead atoms. The maximum Gasteiger partial charge on any atom is 0.309 e. The molecule has 0 heterocycles. The Balaban J connectivity index is 1.75. The van der Waals surface area contributed by atoms with Crippen molar-refractivity contribution in [3.8, 4) is 0 Å². The summed E-state index contributed by atoms with van der Waals surface area (Å²) in [5.74, 6) is -0.175. The average molecular weight is 359 g/mol. The lowest BCUT2D eigenvalue weighted by Crippen LogP contribution is -2.21. The highest BCUT2D eigenvalue weighted by Crippen LogP contribution is 2.38. The van der Waals surface area contributed by atoms with Gasteiger partial charge in [0.2, 0.25) is 0 Å². The van der Waals surface area contributed by atoms with E-state index in [4.69, 9.17) is 4.74 Å². The summed E-state index contributed by atoms with van der Waals surface area (Å²) in [6.45, 7) is 1.78. The predicted molar refractivity (Wildman–Crippen MR) is 76.0 cm³/mol. The number of nitrogens with one attached hydrogen (secondary N) is 1. The SMILES string of the molecule is C[C@H]1C[C@@H]1C(=O)OCC(=O)Nc1ccc(I)cc1. The smallest absolute Gasteiger partial charge is 0.309 e. The van der Waals surface area contributed by atoms with Crippen LogP contribution in [0.2, 0.25) is 0 Å². The van der Waals surface area contributed by atoms with Crippen LogP contribution in [-0.2, 0) is 14.3 Å². The first-order valence-electron chi connectivity index (χ1n) is 5.78. The summed E-state index contributed by atoms with van der Waals surface area (Å²) in [7, 11) is 0. The van der Waals surface area contributed by atoms with E-state index >= 15 is 0 Å². The minimum Gasteiger partial charge on any atom is -0.455 e. The summed E-state index contributed by atoms with van der Waals surface area (Å²) in [5.41, 5.74) is 0.705. The van der Waals surface area contributed by atoms with E-state index in [1.807, 2.05) is 31.2 Å². The van der Waals surface area contributed by atoms with Crippen molar-refractivity contribution < 1.29 is 14.3 Å². The Labute approximate surface area is 119 Å². The number of hydrogen-bond donors (Lipinski definition) is 1. The second-order valence-corrected chi connectivity index (χ2v) is 5.73. The molecule has 2 atom stereocenters. The molecule has 1 aliphatic carbocycles. The van der Waals surface area contributed by atoms with Gasteiger partial charge in [0.15, 0.2) is 6.61 Å². The van der Waals surface area contributed by atoms with Gasteiger partial charge in [-0.05, 0) is 59.2 Å². The van der Waals surface area contributed by atoms with Crippen LogP contribution >= 0.6 is 22.6 Å². The van der Waals surface area contributed by atoms with Gasteiger partial charge in [-0.3, -0.25) is 9.59 Å². The maximum absolute atomic E-state index is 11.5. The molecule has 0 unspecified atom stereocenters. The van der Waals surface area contributed by atoms with Gasteiger partial charge in [0.05, 0.1) is 5.92 Å². The van der Waals surface area contributed by atoms with E-state index in [2.05, 4.69) is 27.9 Å². The number of carbonyl (C=O) groups excluding carboxylic acids is 2. The van der Waals surface area contributed by atoms with Gasteiger partial charge in [-0.2, -0.15) is 0 Å².